The highest BCUT2D eigenvalue weighted by molar-refractivity contribution is 5.82. The minimum Gasteiger partial charge on any atom is -0.480 e. The van der Waals surface area contributed by atoms with Gasteiger partial charge in [0.1, 0.15) is 6.54 Å². The highest BCUT2D eigenvalue weighted by Gasteiger charge is 2.24. The largest absolute Gasteiger partial charge is 0.480 e. The summed E-state index contributed by atoms with van der Waals surface area (Å²) in [6.45, 7) is 2.73. The number of hydrogen-bond acceptors (Lipinski definition) is 3. The van der Waals surface area contributed by atoms with Crippen LogP contribution in [0.25, 0.3) is 0 Å². The predicted octanol–water partition coefficient (Wildman–Crippen LogP) is 0.634. The van der Waals surface area contributed by atoms with Crippen molar-refractivity contribution in [3.05, 3.63) is 35.4 Å². The molecule has 0 fully saturated rings. The molecule has 5 nitrogen and oxygen atoms in total. The molecule has 1 aromatic carbocycles. The van der Waals surface area contributed by atoms with Gasteiger partial charge in [-0.25, -0.2) is 0 Å². The van der Waals surface area contributed by atoms with E-state index in [1.165, 1.54) is 11.1 Å². The van der Waals surface area contributed by atoms with Gasteiger partial charge in [0, 0.05) is 12.6 Å². The normalized spacial score (nSPS) is 18.7. The van der Waals surface area contributed by atoms with Crippen molar-refractivity contribution in [1.82, 2.24) is 10.2 Å². The van der Waals surface area contributed by atoms with Gasteiger partial charge >= 0.3 is 5.97 Å². The summed E-state index contributed by atoms with van der Waals surface area (Å²) in [5, 5.41) is 10.9. The Morgan fingerprint density at radius 1 is 1.37 bits per heavy atom. The minimum atomic E-state index is -1.02. The maximum atomic E-state index is 11.7. The summed E-state index contributed by atoms with van der Waals surface area (Å²) in [6.07, 6.45) is 0.919. The third-order valence-corrected chi connectivity index (χ3v) is 3.41. The van der Waals surface area contributed by atoms with Gasteiger partial charge in [0.05, 0.1) is 6.54 Å². The molecule has 5 heteroatoms. The van der Waals surface area contributed by atoms with E-state index in [1.807, 2.05) is 12.1 Å². The van der Waals surface area contributed by atoms with E-state index in [4.69, 9.17) is 5.11 Å². The Kier molecular flexibility index (Phi) is 4.16. The van der Waals surface area contributed by atoms with Crippen LogP contribution in [0, 0.1) is 0 Å². The lowest BCUT2D eigenvalue weighted by Gasteiger charge is -2.34. The van der Waals surface area contributed by atoms with Crippen LogP contribution >= 0.6 is 0 Å². The SMILES string of the molecule is CC1Cc2ccccc2CN1CC(=O)NCC(=O)O. The summed E-state index contributed by atoms with van der Waals surface area (Å²) in [4.78, 5) is 24.1. The second-order valence-corrected chi connectivity index (χ2v) is 4.90. The molecule has 1 amide bonds. The van der Waals surface area contributed by atoms with Crippen molar-refractivity contribution in [3.8, 4) is 0 Å². The molecule has 1 aromatic rings. The molecule has 0 saturated heterocycles. The highest BCUT2D eigenvalue weighted by atomic mass is 16.4. The number of hydrogen-bond donors (Lipinski definition) is 2. The number of nitrogens with zero attached hydrogens (tertiary/aromatic N) is 1. The van der Waals surface area contributed by atoms with E-state index >= 15 is 0 Å². The molecule has 0 radical (unpaired) electrons. The molecule has 19 heavy (non-hydrogen) atoms. The topological polar surface area (TPSA) is 69.6 Å². The molecule has 102 valence electrons. The Morgan fingerprint density at radius 3 is 2.74 bits per heavy atom. The van der Waals surface area contributed by atoms with Crippen LogP contribution < -0.4 is 5.32 Å². The van der Waals surface area contributed by atoms with E-state index < -0.39 is 5.97 Å². The van der Waals surface area contributed by atoms with Crippen molar-refractivity contribution in [1.29, 1.82) is 0 Å². The minimum absolute atomic E-state index is 0.239. The van der Waals surface area contributed by atoms with Crippen LogP contribution in [-0.2, 0) is 22.6 Å². The molecule has 1 aliphatic heterocycles. The first-order chi connectivity index (χ1) is 9.06. The number of rotatable bonds is 4. The lowest BCUT2D eigenvalue weighted by atomic mass is 9.95. The number of fused-ring (bicyclic) bond motifs is 1. The number of carbonyl (C=O) groups excluding carboxylic acids is 1. The lowest BCUT2D eigenvalue weighted by Crippen LogP contribution is -2.45. The molecule has 2 rings (SSSR count). The zero-order chi connectivity index (χ0) is 13.8. The van der Waals surface area contributed by atoms with E-state index in [-0.39, 0.29) is 25.0 Å². The van der Waals surface area contributed by atoms with E-state index in [1.54, 1.807) is 0 Å². The number of aliphatic carboxylic acids is 1. The molecule has 0 aromatic heterocycles. The van der Waals surface area contributed by atoms with Crippen LogP contribution in [-0.4, -0.2) is 41.0 Å². The zero-order valence-electron chi connectivity index (χ0n) is 10.9. The average molecular weight is 262 g/mol. The Morgan fingerprint density at radius 2 is 2.05 bits per heavy atom. The average Bonchev–Trinajstić information content (AvgIpc) is 2.37. The molecule has 0 saturated carbocycles. The maximum Gasteiger partial charge on any atom is 0.322 e. The molecule has 1 heterocycles. The number of carbonyl (C=O) groups is 2. The zero-order valence-corrected chi connectivity index (χ0v) is 10.9. The third kappa shape index (κ3) is 3.54. The molecule has 1 atom stereocenters. The molecule has 1 aliphatic rings. The van der Waals surface area contributed by atoms with E-state index in [9.17, 15) is 9.59 Å². The second kappa shape index (κ2) is 5.84. The summed E-state index contributed by atoms with van der Waals surface area (Å²) >= 11 is 0. The molecular weight excluding hydrogens is 244 g/mol. The van der Waals surface area contributed by atoms with Gasteiger partial charge < -0.3 is 10.4 Å². The fraction of sp³-hybridized carbons (Fsp3) is 0.429. The van der Waals surface area contributed by atoms with Crippen molar-refractivity contribution < 1.29 is 14.7 Å². The summed E-state index contributed by atoms with van der Waals surface area (Å²) in [5.41, 5.74) is 2.57. The summed E-state index contributed by atoms with van der Waals surface area (Å²) in [5.74, 6) is -1.26. The number of nitrogens with one attached hydrogen (secondary N) is 1. The van der Waals surface area contributed by atoms with Crippen LogP contribution in [0.1, 0.15) is 18.1 Å². The number of carboxylic acids is 1. The van der Waals surface area contributed by atoms with Gasteiger partial charge in [0.25, 0.3) is 0 Å². The summed E-state index contributed by atoms with van der Waals surface area (Å²) in [6, 6.07) is 8.50. The lowest BCUT2D eigenvalue weighted by molar-refractivity contribution is -0.138. The van der Waals surface area contributed by atoms with E-state index in [2.05, 4.69) is 29.3 Å². The van der Waals surface area contributed by atoms with Crippen LogP contribution in [0.5, 0.6) is 0 Å². The Balaban J connectivity index is 1.95. The summed E-state index contributed by atoms with van der Waals surface area (Å²) in [7, 11) is 0. The van der Waals surface area contributed by atoms with Crippen molar-refractivity contribution in [2.75, 3.05) is 13.1 Å². The second-order valence-electron chi connectivity index (χ2n) is 4.90. The Bertz CT molecular complexity index is 487. The van der Waals surface area contributed by atoms with Gasteiger partial charge in [-0.15, -0.1) is 0 Å². The maximum absolute atomic E-state index is 11.7. The number of benzene rings is 1. The van der Waals surface area contributed by atoms with Gasteiger partial charge in [-0.2, -0.15) is 0 Å². The summed E-state index contributed by atoms with van der Waals surface area (Å²) < 4.78 is 0. The Hall–Kier alpha value is -1.88. The molecule has 0 aliphatic carbocycles. The monoisotopic (exact) mass is 262 g/mol. The van der Waals surface area contributed by atoms with Crippen LogP contribution in [0.4, 0.5) is 0 Å². The van der Waals surface area contributed by atoms with Gasteiger partial charge in [-0.1, -0.05) is 24.3 Å². The highest BCUT2D eigenvalue weighted by Crippen LogP contribution is 2.22. The molecule has 0 spiro atoms. The first-order valence-corrected chi connectivity index (χ1v) is 6.35. The quantitative estimate of drug-likeness (QED) is 0.835. The van der Waals surface area contributed by atoms with Crippen LogP contribution in [0.2, 0.25) is 0 Å². The molecule has 2 N–H and O–H groups in total. The van der Waals surface area contributed by atoms with Gasteiger partial charge in [-0.05, 0) is 24.5 Å². The van der Waals surface area contributed by atoms with Crippen molar-refractivity contribution >= 4 is 11.9 Å². The van der Waals surface area contributed by atoms with Crippen molar-refractivity contribution in [2.45, 2.75) is 25.9 Å². The number of amides is 1. The number of carboxylic acid groups (broad SMARTS) is 1. The Labute approximate surface area is 112 Å². The standard InChI is InChI=1S/C14H18N2O3/c1-10-6-11-4-2-3-5-12(11)8-16(10)9-13(17)15-7-14(18)19/h2-5,10H,6-9H2,1H3,(H,15,17)(H,18,19). The van der Waals surface area contributed by atoms with Crippen LogP contribution in [0.15, 0.2) is 24.3 Å². The van der Waals surface area contributed by atoms with E-state index in [0.717, 1.165) is 13.0 Å². The van der Waals surface area contributed by atoms with Crippen molar-refractivity contribution in [3.63, 3.8) is 0 Å². The first-order valence-electron chi connectivity index (χ1n) is 6.35. The van der Waals surface area contributed by atoms with Gasteiger partial charge in [0.2, 0.25) is 5.91 Å². The fourth-order valence-electron chi connectivity index (χ4n) is 2.36. The van der Waals surface area contributed by atoms with Crippen LogP contribution in [0.3, 0.4) is 0 Å². The first kappa shape index (κ1) is 13.5. The smallest absolute Gasteiger partial charge is 0.322 e. The third-order valence-electron chi connectivity index (χ3n) is 3.41. The van der Waals surface area contributed by atoms with Crippen molar-refractivity contribution in [2.24, 2.45) is 0 Å². The molecule has 0 bridgehead atoms. The van der Waals surface area contributed by atoms with E-state index in [0.29, 0.717) is 0 Å². The molecule has 1 unspecified atom stereocenters. The fourth-order valence-corrected chi connectivity index (χ4v) is 2.36. The van der Waals surface area contributed by atoms with Gasteiger partial charge in [0.15, 0.2) is 0 Å². The molecular formula is C14H18N2O3. The predicted molar refractivity (Wildman–Crippen MR) is 70.7 cm³/mol. The van der Waals surface area contributed by atoms with Gasteiger partial charge in [-0.3, -0.25) is 14.5 Å².